The van der Waals surface area contributed by atoms with E-state index in [1.807, 2.05) is 6.92 Å². The lowest BCUT2D eigenvalue weighted by molar-refractivity contribution is 0.152. The van der Waals surface area contributed by atoms with Gasteiger partial charge in [-0.05, 0) is 20.3 Å². The van der Waals surface area contributed by atoms with Crippen LogP contribution >= 0.6 is 24.0 Å². The number of sulfonamides is 1. The first-order chi connectivity index (χ1) is 9.47. The van der Waals surface area contributed by atoms with Crippen molar-refractivity contribution in [1.29, 1.82) is 0 Å². The van der Waals surface area contributed by atoms with Gasteiger partial charge in [-0.3, -0.25) is 4.99 Å². The fourth-order valence-electron chi connectivity index (χ4n) is 1.47. The average Bonchev–Trinajstić information content (AvgIpc) is 2.45. The molecule has 0 rings (SSSR count). The molecule has 128 valence electrons. The van der Waals surface area contributed by atoms with E-state index in [1.165, 1.54) is 4.31 Å². The Kier molecular flexibility index (Phi) is 14.9. The van der Waals surface area contributed by atoms with Crippen LogP contribution in [0, 0.1) is 0 Å². The summed E-state index contributed by atoms with van der Waals surface area (Å²) in [5.74, 6) is 0.836. The molecule has 0 amide bonds. The van der Waals surface area contributed by atoms with Crippen LogP contribution in [0.2, 0.25) is 0 Å². The Labute approximate surface area is 146 Å². The third kappa shape index (κ3) is 11.1. The summed E-state index contributed by atoms with van der Waals surface area (Å²) >= 11 is 0. The number of halogens is 1. The lowest BCUT2D eigenvalue weighted by atomic mass is 10.4. The van der Waals surface area contributed by atoms with Crippen LogP contribution in [0.3, 0.4) is 0 Å². The summed E-state index contributed by atoms with van der Waals surface area (Å²) in [5, 5.41) is 6.25. The molecule has 0 bridgehead atoms. The fraction of sp³-hybridized carbons (Fsp3) is 0.917. The minimum Gasteiger partial charge on any atom is -0.380 e. The summed E-state index contributed by atoms with van der Waals surface area (Å²) in [4.78, 5) is 4.07. The number of ether oxygens (including phenoxy) is 1. The van der Waals surface area contributed by atoms with E-state index < -0.39 is 10.0 Å². The largest absolute Gasteiger partial charge is 0.380 e. The van der Waals surface area contributed by atoms with Gasteiger partial charge in [0.2, 0.25) is 10.0 Å². The highest BCUT2D eigenvalue weighted by Gasteiger charge is 2.13. The van der Waals surface area contributed by atoms with Gasteiger partial charge in [0.1, 0.15) is 0 Å². The van der Waals surface area contributed by atoms with Crippen molar-refractivity contribution in [2.24, 2.45) is 4.99 Å². The Morgan fingerprint density at radius 1 is 1.24 bits per heavy atom. The SMILES string of the molecule is CCOCCNC(=NC)NCCCN(C)S(=O)(=O)CC.I. The minimum atomic E-state index is -3.08. The number of guanidine groups is 1. The summed E-state index contributed by atoms with van der Waals surface area (Å²) in [5.41, 5.74) is 0. The number of nitrogens with zero attached hydrogens (tertiary/aromatic N) is 2. The maximum atomic E-state index is 11.5. The van der Waals surface area contributed by atoms with Crippen LogP contribution in [-0.2, 0) is 14.8 Å². The highest BCUT2D eigenvalue weighted by Crippen LogP contribution is 1.98. The normalized spacial score (nSPS) is 12.1. The average molecular weight is 436 g/mol. The second-order valence-corrected chi connectivity index (χ2v) is 6.56. The molecule has 21 heavy (non-hydrogen) atoms. The number of hydrogen-bond acceptors (Lipinski definition) is 4. The Bertz CT molecular complexity index is 377. The van der Waals surface area contributed by atoms with Gasteiger partial charge in [-0.15, -0.1) is 24.0 Å². The molecule has 0 atom stereocenters. The Balaban J connectivity index is 0. The van der Waals surface area contributed by atoms with Gasteiger partial charge in [0.05, 0.1) is 12.4 Å². The van der Waals surface area contributed by atoms with Crippen molar-refractivity contribution in [2.75, 3.05) is 52.7 Å². The Morgan fingerprint density at radius 3 is 2.38 bits per heavy atom. The maximum Gasteiger partial charge on any atom is 0.213 e. The van der Waals surface area contributed by atoms with Crippen molar-refractivity contribution >= 4 is 40.0 Å². The Morgan fingerprint density at radius 2 is 1.86 bits per heavy atom. The van der Waals surface area contributed by atoms with Crippen molar-refractivity contribution < 1.29 is 13.2 Å². The fourth-order valence-corrected chi connectivity index (χ4v) is 2.32. The van der Waals surface area contributed by atoms with Crippen LogP contribution in [0.4, 0.5) is 0 Å². The van der Waals surface area contributed by atoms with E-state index in [1.54, 1.807) is 21.0 Å². The van der Waals surface area contributed by atoms with Gasteiger partial charge in [0.25, 0.3) is 0 Å². The van der Waals surface area contributed by atoms with E-state index >= 15 is 0 Å². The van der Waals surface area contributed by atoms with Crippen LogP contribution in [0.25, 0.3) is 0 Å². The third-order valence-corrected chi connectivity index (χ3v) is 4.61. The zero-order valence-electron chi connectivity index (χ0n) is 13.4. The zero-order valence-corrected chi connectivity index (χ0v) is 16.5. The van der Waals surface area contributed by atoms with Gasteiger partial charge in [0, 0.05) is 40.3 Å². The monoisotopic (exact) mass is 436 g/mol. The summed E-state index contributed by atoms with van der Waals surface area (Å²) in [6.45, 7) is 6.79. The van der Waals surface area contributed by atoms with Crippen LogP contribution in [0.5, 0.6) is 0 Å². The molecule has 0 spiro atoms. The molecule has 0 aromatic rings. The quantitative estimate of drug-likeness (QED) is 0.225. The van der Waals surface area contributed by atoms with Gasteiger partial charge in [-0.25, -0.2) is 12.7 Å². The van der Waals surface area contributed by atoms with Gasteiger partial charge >= 0.3 is 0 Å². The minimum absolute atomic E-state index is 0. The maximum absolute atomic E-state index is 11.5. The summed E-state index contributed by atoms with van der Waals surface area (Å²) in [6, 6.07) is 0. The number of aliphatic imine (C=N–C) groups is 1. The zero-order chi connectivity index (χ0) is 15.4. The van der Waals surface area contributed by atoms with E-state index in [4.69, 9.17) is 4.74 Å². The predicted molar refractivity (Wildman–Crippen MR) is 98.0 cm³/mol. The summed E-state index contributed by atoms with van der Waals surface area (Å²) in [7, 11) is 0.221. The molecule has 9 heteroatoms. The topological polar surface area (TPSA) is 83.0 Å². The van der Waals surface area contributed by atoms with E-state index in [-0.39, 0.29) is 29.7 Å². The van der Waals surface area contributed by atoms with Crippen molar-refractivity contribution in [3.8, 4) is 0 Å². The molecule has 0 aromatic heterocycles. The van der Waals surface area contributed by atoms with Crippen LogP contribution in [0.15, 0.2) is 4.99 Å². The van der Waals surface area contributed by atoms with E-state index in [9.17, 15) is 8.42 Å². The highest BCUT2D eigenvalue weighted by molar-refractivity contribution is 14.0. The van der Waals surface area contributed by atoms with Crippen LogP contribution in [-0.4, -0.2) is 71.4 Å². The van der Waals surface area contributed by atoms with Gasteiger partial charge in [-0.1, -0.05) is 0 Å². The molecule has 2 N–H and O–H groups in total. The molecule has 0 saturated carbocycles. The molecule has 0 aliphatic carbocycles. The van der Waals surface area contributed by atoms with Crippen LogP contribution < -0.4 is 10.6 Å². The number of rotatable bonds is 10. The summed E-state index contributed by atoms with van der Waals surface area (Å²) < 4.78 is 29.7. The highest BCUT2D eigenvalue weighted by atomic mass is 127. The third-order valence-electron chi connectivity index (χ3n) is 2.75. The van der Waals surface area contributed by atoms with Crippen molar-refractivity contribution in [2.45, 2.75) is 20.3 Å². The van der Waals surface area contributed by atoms with Crippen LogP contribution in [0.1, 0.15) is 20.3 Å². The van der Waals surface area contributed by atoms with Crippen molar-refractivity contribution in [3.05, 3.63) is 0 Å². The van der Waals surface area contributed by atoms with Crippen molar-refractivity contribution in [3.63, 3.8) is 0 Å². The molecule has 0 aliphatic heterocycles. The van der Waals surface area contributed by atoms with Crippen molar-refractivity contribution in [1.82, 2.24) is 14.9 Å². The number of nitrogens with one attached hydrogen (secondary N) is 2. The smallest absolute Gasteiger partial charge is 0.213 e. The molecule has 0 aromatic carbocycles. The first kappa shape index (κ1) is 23.1. The van der Waals surface area contributed by atoms with E-state index in [0.29, 0.717) is 38.8 Å². The molecule has 0 unspecified atom stereocenters. The van der Waals surface area contributed by atoms with Gasteiger partial charge in [-0.2, -0.15) is 0 Å². The Hall–Kier alpha value is -0.130. The first-order valence-corrected chi connectivity index (χ1v) is 8.55. The summed E-state index contributed by atoms with van der Waals surface area (Å²) in [6.07, 6.45) is 0.724. The molecule has 0 saturated heterocycles. The predicted octanol–water partition coefficient (Wildman–Crippen LogP) is 0.478. The molecule has 7 nitrogen and oxygen atoms in total. The van der Waals surface area contributed by atoms with E-state index in [2.05, 4.69) is 15.6 Å². The first-order valence-electron chi connectivity index (χ1n) is 6.94. The molecule has 0 heterocycles. The molecular formula is C12H29IN4O3S. The molecule has 0 aliphatic rings. The second-order valence-electron chi connectivity index (χ2n) is 4.20. The second kappa shape index (κ2) is 13.5. The van der Waals surface area contributed by atoms with E-state index in [0.717, 1.165) is 6.42 Å². The molecule has 0 radical (unpaired) electrons. The molecular weight excluding hydrogens is 407 g/mol. The lowest BCUT2D eigenvalue weighted by Gasteiger charge is -2.16. The molecule has 0 fully saturated rings. The lowest BCUT2D eigenvalue weighted by Crippen LogP contribution is -2.40. The van der Waals surface area contributed by atoms with Gasteiger partial charge < -0.3 is 15.4 Å². The standard InChI is InChI=1S/C12H28N4O3S.HI/c1-5-19-11-9-15-12(13-3)14-8-7-10-16(4)20(17,18)6-2;/h5-11H2,1-4H3,(H2,13,14,15);1H. The number of hydrogen-bond donors (Lipinski definition) is 2. The van der Waals surface area contributed by atoms with Gasteiger partial charge in [0.15, 0.2) is 5.96 Å².